The molecular weight excluding hydrogens is 444 g/mol. The number of hydrogen-bond donors (Lipinski definition) is 2. The molecule has 0 saturated carbocycles. The van der Waals surface area contributed by atoms with Crippen LogP contribution in [0, 0.1) is 34.6 Å². The molecule has 0 fully saturated rings. The zero-order valence-corrected chi connectivity index (χ0v) is 20.1. The van der Waals surface area contributed by atoms with Gasteiger partial charge in [-0.25, -0.2) is 14.3 Å². The first-order valence-electron chi connectivity index (χ1n) is 9.93. The second-order valence-electron chi connectivity index (χ2n) is 7.64. The Kier molecular flexibility index (Phi) is 6.02. The maximum atomic E-state index is 12.5. The number of amides is 1. The van der Waals surface area contributed by atoms with Gasteiger partial charge < -0.3 is 11.2 Å². The fourth-order valence-corrected chi connectivity index (χ4v) is 5.03. The first kappa shape index (κ1) is 22.0. The van der Waals surface area contributed by atoms with Crippen LogP contribution in [0.3, 0.4) is 0 Å². The number of carbonyl (C=O) groups is 1. The predicted molar refractivity (Wildman–Crippen MR) is 128 cm³/mol. The second kappa shape index (κ2) is 8.75. The fourth-order valence-electron chi connectivity index (χ4n) is 3.66. The van der Waals surface area contributed by atoms with Crippen LogP contribution in [0.4, 0.5) is 5.13 Å². The summed E-state index contributed by atoms with van der Waals surface area (Å²) in [5.41, 5.74) is 7.29. The Balaban J connectivity index is 1.41. The number of nitrogens with two attached hydrogens (primary N) is 1. The highest BCUT2D eigenvalue weighted by Gasteiger charge is 2.17. The van der Waals surface area contributed by atoms with Crippen LogP contribution in [0.2, 0.25) is 0 Å². The average molecular weight is 469 g/mol. The molecule has 1 aromatic carbocycles. The number of thiazole rings is 1. The van der Waals surface area contributed by atoms with Gasteiger partial charge in [0.25, 0.3) is 5.95 Å². The third-order valence-corrected chi connectivity index (χ3v) is 6.56. The van der Waals surface area contributed by atoms with E-state index in [1.165, 1.54) is 44.5 Å². The lowest BCUT2D eigenvalue weighted by molar-refractivity contribution is -0.113. The van der Waals surface area contributed by atoms with Crippen molar-refractivity contribution in [2.24, 2.45) is 0 Å². The number of nitrogens with one attached hydrogen (secondary N) is 1. The van der Waals surface area contributed by atoms with E-state index in [1.807, 2.05) is 25.3 Å². The molecule has 9 nitrogen and oxygen atoms in total. The van der Waals surface area contributed by atoms with Gasteiger partial charge in [0, 0.05) is 16.6 Å². The van der Waals surface area contributed by atoms with Crippen molar-refractivity contribution in [3.8, 4) is 17.2 Å². The minimum Gasteiger partial charge on any atom is -0.334 e. The van der Waals surface area contributed by atoms with E-state index in [2.05, 4.69) is 58.5 Å². The summed E-state index contributed by atoms with van der Waals surface area (Å²) in [5, 5.41) is 18.4. The topological polar surface area (TPSA) is 117 Å². The molecule has 0 aliphatic heterocycles. The lowest BCUT2D eigenvalue weighted by Crippen LogP contribution is -2.18. The maximum absolute atomic E-state index is 12.5. The largest absolute Gasteiger partial charge is 0.334 e. The summed E-state index contributed by atoms with van der Waals surface area (Å²) >= 11 is 2.60. The summed E-state index contributed by atoms with van der Waals surface area (Å²) in [5.74, 6) is 6.46. The van der Waals surface area contributed by atoms with Crippen molar-refractivity contribution in [2.75, 3.05) is 16.9 Å². The molecule has 11 heteroatoms. The van der Waals surface area contributed by atoms with Crippen LogP contribution in [0.15, 0.2) is 28.7 Å². The first-order chi connectivity index (χ1) is 15.2. The van der Waals surface area contributed by atoms with Gasteiger partial charge in [0.1, 0.15) is 0 Å². The number of anilines is 1. The van der Waals surface area contributed by atoms with Crippen LogP contribution >= 0.6 is 23.1 Å². The van der Waals surface area contributed by atoms with Crippen molar-refractivity contribution in [1.29, 1.82) is 0 Å². The van der Waals surface area contributed by atoms with E-state index < -0.39 is 0 Å². The molecule has 0 unspecified atom stereocenters. The Morgan fingerprint density at radius 2 is 1.84 bits per heavy atom. The molecule has 0 radical (unpaired) electrons. The van der Waals surface area contributed by atoms with Gasteiger partial charge in [-0.05, 0) is 51.8 Å². The quantitative estimate of drug-likeness (QED) is 0.328. The molecule has 0 bridgehead atoms. The molecule has 3 heterocycles. The number of carbonyl (C=O) groups excluding carboxylic acids is 1. The van der Waals surface area contributed by atoms with Gasteiger partial charge in [-0.2, -0.15) is 5.10 Å². The molecule has 3 aromatic heterocycles. The van der Waals surface area contributed by atoms with Crippen molar-refractivity contribution < 1.29 is 4.79 Å². The Labute approximate surface area is 194 Å². The number of hydrogen-bond acceptors (Lipinski definition) is 8. The van der Waals surface area contributed by atoms with Gasteiger partial charge in [-0.15, -0.1) is 21.5 Å². The molecule has 0 spiro atoms. The number of aromatic nitrogens is 6. The molecule has 1 amide bonds. The molecule has 32 heavy (non-hydrogen) atoms. The number of rotatable bonds is 6. The van der Waals surface area contributed by atoms with Gasteiger partial charge in [0.15, 0.2) is 5.13 Å². The van der Waals surface area contributed by atoms with E-state index in [9.17, 15) is 4.79 Å². The summed E-state index contributed by atoms with van der Waals surface area (Å²) in [4.78, 5) is 17.1. The zero-order valence-electron chi connectivity index (χ0n) is 18.5. The number of aryl methyl sites for hydroxylation is 5. The van der Waals surface area contributed by atoms with Gasteiger partial charge in [-0.3, -0.25) is 4.79 Å². The summed E-state index contributed by atoms with van der Waals surface area (Å²) in [6, 6.07) is 6.20. The average Bonchev–Trinajstić information content (AvgIpc) is 3.39. The summed E-state index contributed by atoms with van der Waals surface area (Å²) in [6.07, 6.45) is 0. The maximum Gasteiger partial charge on any atom is 0.271 e. The Hall–Kier alpha value is -3.18. The Morgan fingerprint density at radius 3 is 2.50 bits per heavy atom. The smallest absolute Gasteiger partial charge is 0.271 e. The molecule has 4 rings (SSSR count). The van der Waals surface area contributed by atoms with Crippen molar-refractivity contribution in [3.05, 3.63) is 51.7 Å². The lowest BCUT2D eigenvalue weighted by atomic mass is 9.98. The van der Waals surface area contributed by atoms with E-state index in [0.717, 1.165) is 22.6 Å². The monoisotopic (exact) mass is 468 g/mol. The van der Waals surface area contributed by atoms with Crippen molar-refractivity contribution in [1.82, 2.24) is 29.6 Å². The van der Waals surface area contributed by atoms with Crippen LogP contribution in [0.5, 0.6) is 0 Å². The number of benzene rings is 1. The highest BCUT2D eigenvalue weighted by Crippen LogP contribution is 2.31. The zero-order chi connectivity index (χ0) is 23.0. The minimum atomic E-state index is -0.191. The minimum absolute atomic E-state index is 0.129. The third-order valence-electron chi connectivity index (χ3n) is 4.86. The molecule has 0 atom stereocenters. The van der Waals surface area contributed by atoms with E-state index in [-0.39, 0.29) is 11.7 Å². The molecule has 0 aliphatic carbocycles. The first-order valence-corrected chi connectivity index (χ1v) is 11.8. The van der Waals surface area contributed by atoms with E-state index in [1.54, 1.807) is 4.68 Å². The number of nitrogen functional groups attached to an aromatic ring is 1. The van der Waals surface area contributed by atoms with Gasteiger partial charge >= 0.3 is 0 Å². The van der Waals surface area contributed by atoms with Crippen LogP contribution in [0.25, 0.3) is 17.2 Å². The standard InChI is InChI=1S/C21H24N8OS2/c1-11-6-12(2)18(13(3)7-11)16-9-31-19(23-16)24-17(30)10-32-21-26-25-20(28(21)22)29-15(5)8-14(4)27-29/h6-9H,10,22H2,1-5H3,(H,23,24,30). The summed E-state index contributed by atoms with van der Waals surface area (Å²) in [6.45, 7) is 10.0. The van der Waals surface area contributed by atoms with E-state index in [4.69, 9.17) is 5.84 Å². The molecule has 166 valence electrons. The van der Waals surface area contributed by atoms with Crippen LogP contribution in [0.1, 0.15) is 28.1 Å². The molecule has 3 N–H and O–H groups in total. The van der Waals surface area contributed by atoms with E-state index >= 15 is 0 Å². The Morgan fingerprint density at radius 1 is 1.12 bits per heavy atom. The molecular formula is C21H24N8OS2. The van der Waals surface area contributed by atoms with Gasteiger partial charge in [0.2, 0.25) is 11.1 Å². The summed E-state index contributed by atoms with van der Waals surface area (Å²) < 4.78 is 2.96. The van der Waals surface area contributed by atoms with Crippen molar-refractivity contribution in [3.63, 3.8) is 0 Å². The van der Waals surface area contributed by atoms with Crippen LogP contribution < -0.4 is 11.2 Å². The third kappa shape index (κ3) is 4.39. The SMILES string of the molecule is Cc1cc(C)c(-c2csc(NC(=O)CSc3nnc(-n4nc(C)cc4C)n3N)n2)c(C)c1. The highest BCUT2D eigenvalue weighted by atomic mass is 32.2. The van der Waals surface area contributed by atoms with Crippen LogP contribution in [-0.2, 0) is 4.79 Å². The molecule has 0 aliphatic rings. The van der Waals surface area contributed by atoms with Crippen LogP contribution in [-0.4, -0.2) is 41.3 Å². The summed E-state index contributed by atoms with van der Waals surface area (Å²) in [7, 11) is 0. The second-order valence-corrected chi connectivity index (χ2v) is 9.44. The highest BCUT2D eigenvalue weighted by molar-refractivity contribution is 7.99. The van der Waals surface area contributed by atoms with Gasteiger partial charge in [0.05, 0.1) is 17.1 Å². The fraction of sp³-hybridized carbons (Fsp3) is 0.286. The van der Waals surface area contributed by atoms with Crippen molar-refractivity contribution in [2.45, 2.75) is 39.8 Å². The van der Waals surface area contributed by atoms with Gasteiger partial charge in [-0.1, -0.05) is 29.5 Å². The Bertz CT molecular complexity index is 1280. The van der Waals surface area contributed by atoms with E-state index in [0.29, 0.717) is 16.2 Å². The predicted octanol–water partition coefficient (Wildman–Crippen LogP) is 3.57. The molecule has 0 saturated heterocycles. The lowest BCUT2D eigenvalue weighted by Gasteiger charge is -2.08. The number of thioether (sulfide) groups is 1. The molecule has 4 aromatic rings. The number of nitrogens with zero attached hydrogens (tertiary/aromatic N) is 6. The normalized spacial score (nSPS) is 11.2. The van der Waals surface area contributed by atoms with Crippen molar-refractivity contribution >= 4 is 34.1 Å².